The van der Waals surface area contributed by atoms with Crippen LogP contribution in [-0.2, 0) is 28.5 Å². The Morgan fingerprint density at radius 3 is 2.90 bits per heavy atom. The second-order valence-corrected chi connectivity index (χ2v) is 7.85. The molecule has 2 aromatic heterocycles. The van der Waals surface area contributed by atoms with E-state index in [1.54, 1.807) is 29.5 Å². The molecule has 4 heterocycles. The average Bonchev–Trinajstić information content (AvgIpc) is 3.44. The standard InChI is InChI=1S/C22H22N6O2/c1-27-14-15(12-25-27)20-22(17-4-2-3-5-18(17)26-21(22)30)8-11-28(20)19(29)7-6-16-13-23-9-10-24-16/h2-5,9-10,12-14,20H,6-8,11H2,1H3,(H,26,30)/t20-,22+/m0/s1. The van der Waals surface area contributed by atoms with Gasteiger partial charge in [-0.1, -0.05) is 18.2 Å². The number of aryl methyl sites for hydroxylation is 2. The number of hydrogen-bond donors (Lipinski definition) is 1. The van der Waals surface area contributed by atoms with Gasteiger partial charge in [-0.3, -0.25) is 24.2 Å². The van der Waals surface area contributed by atoms with Crippen molar-refractivity contribution in [3.05, 3.63) is 72.1 Å². The third kappa shape index (κ3) is 2.79. The Morgan fingerprint density at radius 2 is 2.13 bits per heavy atom. The summed E-state index contributed by atoms with van der Waals surface area (Å²) in [6.45, 7) is 0.515. The molecule has 0 saturated carbocycles. The summed E-state index contributed by atoms with van der Waals surface area (Å²) in [7, 11) is 1.84. The van der Waals surface area contributed by atoms with Crippen LogP contribution in [-0.4, -0.2) is 43.0 Å². The molecule has 1 fully saturated rings. The summed E-state index contributed by atoms with van der Waals surface area (Å²) in [6.07, 6.45) is 9.98. The van der Waals surface area contributed by atoms with Crippen LogP contribution in [0, 0.1) is 0 Å². The first kappa shape index (κ1) is 18.5. The van der Waals surface area contributed by atoms with Crippen molar-refractivity contribution in [2.24, 2.45) is 7.05 Å². The maximum atomic E-state index is 13.3. The first-order valence-corrected chi connectivity index (χ1v) is 10.0. The fourth-order valence-electron chi connectivity index (χ4n) is 4.84. The van der Waals surface area contributed by atoms with Gasteiger partial charge in [0, 0.05) is 56.1 Å². The van der Waals surface area contributed by atoms with E-state index >= 15 is 0 Å². The van der Waals surface area contributed by atoms with Crippen molar-refractivity contribution in [2.45, 2.75) is 30.7 Å². The smallest absolute Gasteiger partial charge is 0.237 e. The molecular formula is C22H22N6O2. The highest BCUT2D eigenvalue weighted by Gasteiger charge is 2.59. The van der Waals surface area contributed by atoms with E-state index in [4.69, 9.17) is 0 Å². The largest absolute Gasteiger partial charge is 0.334 e. The molecule has 2 aliphatic rings. The summed E-state index contributed by atoms with van der Waals surface area (Å²) < 4.78 is 1.71. The van der Waals surface area contributed by atoms with E-state index in [-0.39, 0.29) is 11.8 Å². The van der Waals surface area contributed by atoms with E-state index in [1.807, 2.05) is 42.4 Å². The van der Waals surface area contributed by atoms with Crippen molar-refractivity contribution in [2.75, 3.05) is 11.9 Å². The van der Waals surface area contributed by atoms with Crippen LogP contribution >= 0.6 is 0 Å². The highest BCUT2D eigenvalue weighted by atomic mass is 16.2. The number of nitrogens with one attached hydrogen (secondary N) is 1. The zero-order valence-corrected chi connectivity index (χ0v) is 16.7. The first-order chi connectivity index (χ1) is 14.6. The minimum absolute atomic E-state index is 0.00330. The van der Waals surface area contributed by atoms with Gasteiger partial charge >= 0.3 is 0 Å². The molecule has 3 aromatic rings. The minimum Gasteiger partial charge on any atom is -0.334 e. The van der Waals surface area contributed by atoms with Crippen LogP contribution in [0.25, 0.3) is 0 Å². The van der Waals surface area contributed by atoms with Gasteiger partial charge < -0.3 is 10.2 Å². The number of anilines is 1. The zero-order chi connectivity index (χ0) is 20.7. The molecular weight excluding hydrogens is 380 g/mol. The van der Waals surface area contributed by atoms with Crippen molar-refractivity contribution in [1.29, 1.82) is 0 Å². The Kier molecular flexibility index (Phi) is 4.34. The van der Waals surface area contributed by atoms with Crippen LogP contribution in [0.15, 0.2) is 55.2 Å². The molecule has 2 amide bonds. The topological polar surface area (TPSA) is 93.0 Å². The van der Waals surface area contributed by atoms with E-state index < -0.39 is 11.5 Å². The van der Waals surface area contributed by atoms with Gasteiger partial charge in [-0.05, 0) is 24.5 Å². The fourth-order valence-corrected chi connectivity index (χ4v) is 4.84. The molecule has 2 atom stereocenters. The molecule has 1 spiro atoms. The van der Waals surface area contributed by atoms with Gasteiger partial charge in [0.05, 0.1) is 17.9 Å². The molecule has 5 rings (SSSR count). The summed E-state index contributed by atoms with van der Waals surface area (Å²) in [5, 5.41) is 7.34. The van der Waals surface area contributed by atoms with Gasteiger partial charge in [0.15, 0.2) is 0 Å². The quantitative estimate of drug-likeness (QED) is 0.721. The monoisotopic (exact) mass is 402 g/mol. The van der Waals surface area contributed by atoms with Gasteiger partial charge in [0.25, 0.3) is 0 Å². The Bertz CT molecular complexity index is 1110. The Balaban J connectivity index is 1.51. The zero-order valence-electron chi connectivity index (χ0n) is 16.7. The van der Waals surface area contributed by atoms with E-state index in [0.29, 0.717) is 25.8 Å². The van der Waals surface area contributed by atoms with Crippen molar-refractivity contribution >= 4 is 17.5 Å². The second-order valence-electron chi connectivity index (χ2n) is 7.85. The van der Waals surface area contributed by atoms with Gasteiger partial charge in [-0.25, -0.2) is 0 Å². The number of hydrogen-bond acceptors (Lipinski definition) is 5. The Labute approximate surface area is 173 Å². The van der Waals surface area contributed by atoms with E-state index in [0.717, 1.165) is 22.5 Å². The number of nitrogens with zero attached hydrogens (tertiary/aromatic N) is 5. The molecule has 0 bridgehead atoms. The lowest BCUT2D eigenvalue weighted by Crippen LogP contribution is -2.42. The van der Waals surface area contributed by atoms with E-state index in [9.17, 15) is 9.59 Å². The van der Waals surface area contributed by atoms with Crippen LogP contribution in [0.3, 0.4) is 0 Å². The summed E-state index contributed by atoms with van der Waals surface area (Å²) in [5.41, 5.74) is 2.62. The molecule has 1 saturated heterocycles. The minimum atomic E-state index is -0.804. The lowest BCUT2D eigenvalue weighted by Gasteiger charge is -2.33. The predicted molar refractivity (Wildman–Crippen MR) is 109 cm³/mol. The number of carbonyl (C=O) groups is 2. The van der Waals surface area contributed by atoms with Crippen LogP contribution < -0.4 is 5.32 Å². The van der Waals surface area contributed by atoms with Crippen LogP contribution in [0.4, 0.5) is 5.69 Å². The van der Waals surface area contributed by atoms with Crippen molar-refractivity contribution in [3.63, 3.8) is 0 Å². The van der Waals surface area contributed by atoms with Crippen molar-refractivity contribution in [3.8, 4) is 0 Å². The second kappa shape index (κ2) is 7.05. The summed E-state index contributed by atoms with van der Waals surface area (Å²) >= 11 is 0. The number of para-hydroxylation sites is 1. The third-order valence-electron chi connectivity index (χ3n) is 6.16. The molecule has 0 radical (unpaired) electrons. The molecule has 2 aliphatic heterocycles. The SMILES string of the molecule is Cn1cc([C@@H]2N(C(=O)CCc3cnccn3)CC[C@]23C(=O)Nc2ccccc23)cn1. The van der Waals surface area contributed by atoms with Gasteiger partial charge in [-0.2, -0.15) is 5.10 Å². The van der Waals surface area contributed by atoms with Gasteiger partial charge in [0.2, 0.25) is 11.8 Å². The molecule has 8 heteroatoms. The maximum Gasteiger partial charge on any atom is 0.237 e. The highest BCUT2D eigenvalue weighted by Crippen LogP contribution is 2.54. The van der Waals surface area contributed by atoms with E-state index in [2.05, 4.69) is 20.4 Å². The summed E-state index contributed by atoms with van der Waals surface area (Å²) in [4.78, 5) is 36.8. The molecule has 152 valence electrons. The lowest BCUT2D eigenvalue weighted by molar-refractivity contribution is -0.133. The average molecular weight is 402 g/mol. The summed E-state index contributed by atoms with van der Waals surface area (Å²) in [5.74, 6) is -0.0506. The summed E-state index contributed by atoms with van der Waals surface area (Å²) in [6, 6.07) is 7.37. The Hall–Kier alpha value is -3.55. The van der Waals surface area contributed by atoms with Crippen molar-refractivity contribution < 1.29 is 9.59 Å². The van der Waals surface area contributed by atoms with Gasteiger partial charge in [0.1, 0.15) is 5.41 Å². The number of rotatable bonds is 4. The number of benzene rings is 1. The van der Waals surface area contributed by atoms with Crippen molar-refractivity contribution in [1.82, 2.24) is 24.6 Å². The van der Waals surface area contributed by atoms with Gasteiger partial charge in [-0.15, -0.1) is 0 Å². The van der Waals surface area contributed by atoms with Crippen LogP contribution in [0.1, 0.15) is 35.7 Å². The molecule has 1 aromatic carbocycles. The number of fused-ring (bicyclic) bond motifs is 2. The first-order valence-electron chi connectivity index (χ1n) is 10.0. The normalized spacial score (nSPS) is 22.4. The predicted octanol–water partition coefficient (Wildman–Crippen LogP) is 2.01. The highest BCUT2D eigenvalue weighted by molar-refractivity contribution is 6.07. The molecule has 8 nitrogen and oxygen atoms in total. The fraction of sp³-hybridized carbons (Fsp3) is 0.318. The number of likely N-dealkylation sites (tertiary alicyclic amines) is 1. The number of aromatic nitrogens is 4. The maximum absolute atomic E-state index is 13.3. The third-order valence-corrected chi connectivity index (χ3v) is 6.16. The van der Waals surface area contributed by atoms with Crippen LogP contribution in [0.2, 0.25) is 0 Å². The molecule has 1 N–H and O–H groups in total. The van der Waals surface area contributed by atoms with Crippen LogP contribution in [0.5, 0.6) is 0 Å². The van der Waals surface area contributed by atoms with E-state index in [1.165, 1.54) is 0 Å². The number of carbonyl (C=O) groups excluding carboxylic acids is 2. The molecule has 0 aliphatic carbocycles. The molecule has 30 heavy (non-hydrogen) atoms. The lowest BCUT2D eigenvalue weighted by atomic mass is 9.73. The molecule has 0 unspecified atom stereocenters. The Morgan fingerprint density at radius 1 is 1.27 bits per heavy atom. The number of amides is 2.